The van der Waals surface area contributed by atoms with Crippen LogP contribution >= 0.6 is 0 Å². The number of Topliss-reactive ketones (excluding diaryl/α,β-unsaturated/α-hetero) is 1. The number of cyclic esters (lactones) is 1. The highest BCUT2D eigenvalue weighted by atomic mass is 19.1. The number of nitrogens with two attached hydrogens (primary N) is 1. The zero-order valence-electron chi connectivity index (χ0n) is 25.3. The lowest BCUT2D eigenvalue weighted by Gasteiger charge is -2.36. The standard InChI is InChI=1S/C31H39FN6O6/c1-20(39)34-18-24-19-38(31(43)44-24)23-8-9-26(25(32)17-23)36-12-14-37(15-13-36)29(41)11-10-28(40)22-6-4-21(5-7-22)16-27(30(33)42)35(2)3/h4-9,17,24,27H,10-16,18-19H2,1-3H3,(H2,33,42)(H,34,39)/t24-,27?/m0/s1. The van der Waals surface area contributed by atoms with Gasteiger partial charge >= 0.3 is 6.09 Å². The van der Waals surface area contributed by atoms with Crippen LogP contribution in [0.2, 0.25) is 0 Å². The van der Waals surface area contributed by atoms with Crippen LogP contribution in [0.1, 0.15) is 35.7 Å². The Bertz CT molecular complexity index is 1390. The van der Waals surface area contributed by atoms with E-state index in [4.69, 9.17) is 10.5 Å². The third-order valence-electron chi connectivity index (χ3n) is 7.89. The van der Waals surface area contributed by atoms with E-state index < -0.39 is 30.0 Å². The number of hydrogen-bond acceptors (Lipinski definition) is 8. The highest BCUT2D eigenvalue weighted by Crippen LogP contribution is 2.28. The minimum Gasteiger partial charge on any atom is -0.442 e. The van der Waals surface area contributed by atoms with E-state index in [1.165, 1.54) is 17.9 Å². The zero-order chi connectivity index (χ0) is 32.0. The average Bonchev–Trinajstić information content (AvgIpc) is 3.37. The van der Waals surface area contributed by atoms with Crippen LogP contribution in [0, 0.1) is 5.82 Å². The van der Waals surface area contributed by atoms with E-state index >= 15 is 4.39 Å². The molecule has 2 aromatic carbocycles. The van der Waals surface area contributed by atoms with Gasteiger partial charge in [-0.25, -0.2) is 9.18 Å². The predicted molar refractivity (Wildman–Crippen MR) is 162 cm³/mol. The summed E-state index contributed by atoms with van der Waals surface area (Å²) in [6.45, 7) is 3.36. The third-order valence-corrected chi connectivity index (χ3v) is 7.89. The molecule has 2 saturated heterocycles. The summed E-state index contributed by atoms with van der Waals surface area (Å²) in [4.78, 5) is 67.2. The number of piperazine rings is 1. The average molecular weight is 611 g/mol. The Morgan fingerprint density at radius 2 is 1.73 bits per heavy atom. The Balaban J connectivity index is 1.24. The molecule has 3 N–H and O–H groups in total. The summed E-state index contributed by atoms with van der Waals surface area (Å²) in [5.74, 6) is -1.43. The molecule has 236 valence electrons. The van der Waals surface area contributed by atoms with Gasteiger partial charge in [-0.3, -0.25) is 29.0 Å². The number of nitrogens with one attached hydrogen (secondary N) is 1. The smallest absolute Gasteiger partial charge is 0.414 e. The molecule has 2 aliphatic rings. The van der Waals surface area contributed by atoms with E-state index in [1.54, 1.807) is 60.3 Å². The van der Waals surface area contributed by atoms with Gasteiger partial charge in [-0.05, 0) is 44.3 Å². The van der Waals surface area contributed by atoms with Crippen molar-refractivity contribution in [2.24, 2.45) is 5.73 Å². The van der Waals surface area contributed by atoms with E-state index in [9.17, 15) is 24.0 Å². The molecule has 0 aromatic heterocycles. The van der Waals surface area contributed by atoms with Crippen LogP contribution < -0.4 is 20.9 Å². The lowest BCUT2D eigenvalue weighted by atomic mass is 10.0. The molecular weight excluding hydrogens is 571 g/mol. The monoisotopic (exact) mass is 610 g/mol. The Morgan fingerprint density at radius 3 is 2.32 bits per heavy atom. The number of ketones is 1. The highest BCUT2D eigenvalue weighted by Gasteiger charge is 2.33. The summed E-state index contributed by atoms with van der Waals surface area (Å²) in [5, 5.41) is 2.61. The van der Waals surface area contributed by atoms with Crippen molar-refractivity contribution in [3.63, 3.8) is 0 Å². The highest BCUT2D eigenvalue weighted by molar-refractivity contribution is 5.98. The first-order valence-electron chi connectivity index (χ1n) is 14.6. The van der Waals surface area contributed by atoms with Crippen LogP contribution in [0.5, 0.6) is 0 Å². The van der Waals surface area contributed by atoms with Crippen LogP contribution in [-0.4, -0.2) is 105 Å². The van der Waals surface area contributed by atoms with Gasteiger partial charge in [0.25, 0.3) is 0 Å². The van der Waals surface area contributed by atoms with Crippen LogP contribution in [0.4, 0.5) is 20.6 Å². The van der Waals surface area contributed by atoms with Crippen molar-refractivity contribution in [1.29, 1.82) is 0 Å². The summed E-state index contributed by atoms with van der Waals surface area (Å²) < 4.78 is 20.4. The van der Waals surface area contributed by atoms with Crippen molar-refractivity contribution in [3.05, 3.63) is 59.4 Å². The molecule has 0 aliphatic carbocycles. The maximum atomic E-state index is 15.1. The summed E-state index contributed by atoms with van der Waals surface area (Å²) in [6.07, 6.45) is -0.548. The van der Waals surface area contributed by atoms with Crippen LogP contribution in [0.25, 0.3) is 0 Å². The molecule has 0 radical (unpaired) electrons. The lowest BCUT2D eigenvalue weighted by molar-refractivity contribution is -0.131. The van der Waals surface area contributed by atoms with Crippen molar-refractivity contribution in [2.75, 3.05) is 63.2 Å². The molecule has 44 heavy (non-hydrogen) atoms. The number of ether oxygens (including phenoxy) is 1. The number of rotatable bonds is 12. The van der Waals surface area contributed by atoms with Gasteiger partial charge in [-0.2, -0.15) is 0 Å². The second-order valence-corrected chi connectivity index (χ2v) is 11.3. The number of carbonyl (C=O) groups excluding carboxylic acids is 5. The minimum absolute atomic E-state index is 0.0701. The molecule has 4 rings (SSSR count). The van der Waals surface area contributed by atoms with Gasteiger partial charge in [-0.15, -0.1) is 0 Å². The molecule has 2 heterocycles. The maximum absolute atomic E-state index is 15.1. The normalized spacial score (nSPS) is 17.4. The van der Waals surface area contributed by atoms with E-state index in [0.717, 1.165) is 5.56 Å². The second-order valence-electron chi connectivity index (χ2n) is 11.3. The Hall–Kier alpha value is -4.52. The molecule has 0 spiro atoms. The molecule has 0 saturated carbocycles. The molecule has 0 bridgehead atoms. The first-order chi connectivity index (χ1) is 20.9. The van der Waals surface area contributed by atoms with Crippen LogP contribution in [0.15, 0.2) is 42.5 Å². The molecule has 12 nitrogen and oxygen atoms in total. The van der Waals surface area contributed by atoms with E-state index in [1.807, 2.05) is 4.90 Å². The van der Waals surface area contributed by atoms with Gasteiger partial charge in [-0.1, -0.05) is 24.3 Å². The topological polar surface area (TPSA) is 146 Å². The van der Waals surface area contributed by atoms with Crippen LogP contribution in [0.3, 0.4) is 0 Å². The first-order valence-corrected chi connectivity index (χ1v) is 14.6. The molecule has 4 amide bonds. The first kappa shape index (κ1) is 32.4. The molecule has 2 aliphatic heterocycles. The van der Waals surface area contributed by atoms with Gasteiger partial charge in [0, 0.05) is 51.5 Å². The summed E-state index contributed by atoms with van der Waals surface area (Å²) in [6, 6.07) is 11.1. The molecule has 2 atom stereocenters. The Kier molecular flexibility index (Phi) is 10.5. The summed E-state index contributed by atoms with van der Waals surface area (Å²) in [5.41, 5.74) is 7.58. The number of anilines is 2. The quantitative estimate of drug-likeness (QED) is 0.345. The van der Waals surface area contributed by atoms with E-state index in [0.29, 0.717) is 49.5 Å². The second kappa shape index (κ2) is 14.3. The summed E-state index contributed by atoms with van der Waals surface area (Å²) >= 11 is 0. The number of halogens is 1. The molecule has 2 aromatic rings. The van der Waals surface area contributed by atoms with Crippen molar-refractivity contribution in [1.82, 2.24) is 15.1 Å². The number of carbonyl (C=O) groups is 5. The van der Waals surface area contributed by atoms with Crippen molar-refractivity contribution in [2.45, 2.75) is 38.3 Å². The molecule has 2 fully saturated rings. The van der Waals surface area contributed by atoms with Crippen molar-refractivity contribution in [3.8, 4) is 0 Å². The predicted octanol–water partition coefficient (Wildman–Crippen LogP) is 1.56. The number of amides is 4. The number of nitrogens with zero attached hydrogens (tertiary/aromatic N) is 4. The molecule has 1 unspecified atom stereocenters. The minimum atomic E-state index is -0.603. The largest absolute Gasteiger partial charge is 0.442 e. The van der Waals surface area contributed by atoms with Gasteiger partial charge < -0.3 is 25.6 Å². The fraction of sp³-hybridized carbons (Fsp3) is 0.452. The van der Waals surface area contributed by atoms with E-state index in [-0.39, 0.29) is 43.5 Å². The summed E-state index contributed by atoms with van der Waals surface area (Å²) in [7, 11) is 3.56. The van der Waals surface area contributed by atoms with Crippen LogP contribution in [-0.2, 0) is 25.5 Å². The van der Waals surface area contributed by atoms with Gasteiger partial charge in [0.1, 0.15) is 11.9 Å². The Morgan fingerprint density at radius 1 is 1.05 bits per heavy atom. The van der Waals surface area contributed by atoms with Crippen molar-refractivity contribution < 1.29 is 33.1 Å². The third kappa shape index (κ3) is 8.10. The Labute approximate surface area is 255 Å². The maximum Gasteiger partial charge on any atom is 0.414 e. The van der Waals surface area contributed by atoms with Gasteiger partial charge in [0.2, 0.25) is 17.7 Å². The van der Waals surface area contributed by atoms with Gasteiger partial charge in [0.05, 0.1) is 30.5 Å². The fourth-order valence-electron chi connectivity index (χ4n) is 5.32. The number of benzene rings is 2. The van der Waals surface area contributed by atoms with E-state index in [2.05, 4.69) is 5.32 Å². The van der Waals surface area contributed by atoms with Gasteiger partial charge in [0.15, 0.2) is 5.78 Å². The molecular formula is C31H39FN6O6. The molecule has 13 heteroatoms. The lowest BCUT2D eigenvalue weighted by Crippen LogP contribution is -2.49. The number of primary amides is 1. The number of likely N-dealkylation sites (N-methyl/N-ethyl adjacent to an activating group) is 1. The fourth-order valence-corrected chi connectivity index (χ4v) is 5.32. The number of hydrogen-bond donors (Lipinski definition) is 2. The zero-order valence-corrected chi connectivity index (χ0v) is 25.3. The van der Waals surface area contributed by atoms with Crippen molar-refractivity contribution >= 4 is 41.0 Å². The SMILES string of the molecule is CC(=O)NC[C@H]1CN(c2ccc(N3CCN(C(=O)CCC(=O)c4ccc(CC(C(N)=O)N(C)C)cc4)CC3)c(F)c2)C(=O)O1.